The van der Waals surface area contributed by atoms with Gasteiger partial charge in [-0.1, -0.05) is 12.1 Å². The summed E-state index contributed by atoms with van der Waals surface area (Å²) < 4.78 is 5.18. The number of carbonyl (C=O) groups excluding carboxylic acids is 1. The molecule has 0 aliphatic carbocycles. The Morgan fingerprint density at radius 1 is 1.53 bits per heavy atom. The number of fused-ring (bicyclic) bond motifs is 1. The number of carbonyl (C=O) groups is 1. The number of hydrogen-bond donors (Lipinski definition) is 2. The summed E-state index contributed by atoms with van der Waals surface area (Å²) in [7, 11) is 2.86. The normalized spacial score (nSPS) is 16.2. The molecular weight excluding hydrogens is 250 g/mol. The molecule has 0 saturated heterocycles. The summed E-state index contributed by atoms with van der Waals surface area (Å²) >= 11 is 0. The van der Waals surface area contributed by atoms with Crippen molar-refractivity contribution in [3.8, 4) is 5.75 Å². The molecule has 6 nitrogen and oxygen atoms in total. The van der Waals surface area contributed by atoms with Gasteiger partial charge in [-0.3, -0.25) is 9.63 Å². The first-order chi connectivity index (χ1) is 8.95. The standard InChI is InChI=1S/C13H15NO5/c1-14(18-2)11(15)7-6-9-4-3-5-10-12(9)13(16,17)8-19-10/h3-7,16-17H,8H2,1-2H3/b7-6+. The van der Waals surface area contributed by atoms with Gasteiger partial charge >= 0.3 is 0 Å². The molecule has 19 heavy (non-hydrogen) atoms. The lowest BCUT2D eigenvalue weighted by Gasteiger charge is -2.15. The van der Waals surface area contributed by atoms with Gasteiger partial charge in [-0.25, -0.2) is 5.06 Å². The van der Waals surface area contributed by atoms with Crippen LogP contribution < -0.4 is 4.74 Å². The first-order valence-corrected chi connectivity index (χ1v) is 5.66. The first kappa shape index (κ1) is 13.5. The van der Waals surface area contributed by atoms with Gasteiger partial charge in [0.2, 0.25) is 5.79 Å². The van der Waals surface area contributed by atoms with Crippen LogP contribution >= 0.6 is 0 Å². The monoisotopic (exact) mass is 265 g/mol. The molecule has 0 bridgehead atoms. The van der Waals surface area contributed by atoms with Gasteiger partial charge < -0.3 is 14.9 Å². The van der Waals surface area contributed by atoms with Crippen molar-refractivity contribution in [1.82, 2.24) is 5.06 Å². The summed E-state index contributed by atoms with van der Waals surface area (Å²) in [6.07, 6.45) is 2.78. The average Bonchev–Trinajstić information content (AvgIpc) is 2.71. The fourth-order valence-corrected chi connectivity index (χ4v) is 1.84. The molecule has 6 heteroatoms. The minimum absolute atomic E-state index is 0.223. The minimum atomic E-state index is -2.04. The van der Waals surface area contributed by atoms with Crippen LogP contribution in [0.25, 0.3) is 6.08 Å². The zero-order valence-electron chi connectivity index (χ0n) is 10.7. The van der Waals surface area contributed by atoms with E-state index in [2.05, 4.69) is 0 Å². The van der Waals surface area contributed by atoms with Gasteiger partial charge in [-0.05, 0) is 17.7 Å². The van der Waals surface area contributed by atoms with Crippen molar-refractivity contribution in [2.75, 3.05) is 20.8 Å². The molecule has 0 radical (unpaired) electrons. The van der Waals surface area contributed by atoms with Crippen LogP contribution in [0.4, 0.5) is 0 Å². The number of aliphatic hydroxyl groups is 2. The largest absolute Gasteiger partial charge is 0.487 e. The van der Waals surface area contributed by atoms with Crippen LogP contribution in [0.2, 0.25) is 0 Å². The second kappa shape index (κ2) is 5.00. The summed E-state index contributed by atoms with van der Waals surface area (Å²) in [6.45, 7) is -0.223. The molecule has 1 aliphatic heterocycles. The van der Waals surface area contributed by atoms with E-state index >= 15 is 0 Å². The van der Waals surface area contributed by atoms with Crippen molar-refractivity contribution in [1.29, 1.82) is 0 Å². The maximum Gasteiger partial charge on any atom is 0.269 e. The van der Waals surface area contributed by atoms with Crippen molar-refractivity contribution in [3.05, 3.63) is 35.4 Å². The molecule has 1 aliphatic rings. The van der Waals surface area contributed by atoms with Gasteiger partial charge in [0.25, 0.3) is 5.91 Å². The molecule has 102 valence electrons. The topological polar surface area (TPSA) is 79.2 Å². The highest BCUT2D eigenvalue weighted by molar-refractivity contribution is 5.91. The van der Waals surface area contributed by atoms with Crippen molar-refractivity contribution in [2.24, 2.45) is 0 Å². The summed E-state index contributed by atoms with van der Waals surface area (Å²) in [6, 6.07) is 5.03. The molecule has 1 heterocycles. The lowest BCUT2D eigenvalue weighted by molar-refractivity contribution is -0.174. The minimum Gasteiger partial charge on any atom is -0.487 e. The number of hydrogen-bond acceptors (Lipinski definition) is 5. The summed E-state index contributed by atoms with van der Waals surface area (Å²) in [5, 5.41) is 20.7. The number of benzene rings is 1. The lowest BCUT2D eigenvalue weighted by Crippen LogP contribution is -2.27. The zero-order valence-corrected chi connectivity index (χ0v) is 10.7. The highest BCUT2D eigenvalue weighted by atomic mass is 16.7. The van der Waals surface area contributed by atoms with E-state index in [0.717, 1.165) is 5.06 Å². The maximum atomic E-state index is 11.6. The predicted octanol–water partition coefficient (Wildman–Crippen LogP) is 0.249. The summed E-state index contributed by atoms with van der Waals surface area (Å²) in [5.74, 6) is -1.99. The van der Waals surface area contributed by atoms with Gasteiger partial charge in [-0.2, -0.15) is 0 Å². The van der Waals surface area contributed by atoms with Crippen molar-refractivity contribution in [2.45, 2.75) is 5.79 Å². The van der Waals surface area contributed by atoms with Crippen molar-refractivity contribution in [3.63, 3.8) is 0 Å². The van der Waals surface area contributed by atoms with E-state index in [1.54, 1.807) is 18.2 Å². The molecule has 1 aromatic rings. The van der Waals surface area contributed by atoms with Gasteiger partial charge in [0, 0.05) is 13.1 Å². The molecular formula is C13H15NO5. The van der Waals surface area contributed by atoms with E-state index in [1.807, 2.05) is 0 Å². The molecule has 1 aromatic carbocycles. The van der Waals surface area contributed by atoms with Gasteiger partial charge in [0.1, 0.15) is 12.4 Å². The maximum absolute atomic E-state index is 11.6. The Balaban J connectivity index is 2.31. The van der Waals surface area contributed by atoms with E-state index in [4.69, 9.17) is 9.57 Å². The van der Waals surface area contributed by atoms with Crippen LogP contribution in [-0.4, -0.2) is 41.9 Å². The number of ether oxygens (including phenoxy) is 1. The van der Waals surface area contributed by atoms with Gasteiger partial charge in [0.15, 0.2) is 0 Å². The third-order valence-electron chi connectivity index (χ3n) is 2.88. The molecule has 0 unspecified atom stereocenters. The van der Waals surface area contributed by atoms with Crippen molar-refractivity contribution < 1.29 is 24.6 Å². The van der Waals surface area contributed by atoms with E-state index in [1.165, 1.54) is 26.3 Å². The highest BCUT2D eigenvalue weighted by Crippen LogP contribution is 2.38. The quantitative estimate of drug-likeness (QED) is 0.465. The molecule has 2 N–H and O–H groups in total. The molecule has 0 spiro atoms. The molecule has 0 aromatic heterocycles. The second-order valence-electron chi connectivity index (χ2n) is 4.18. The summed E-state index contributed by atoms with van der Waals surface area (Å²) in [4.78, 5) is 16.3. The number of hydroxylamine groups is 2. The average molecular weight is 265 g/mol. The highest BCUT2D eigenvalue weighted by Gasteiger charge is 2.38. The Kier molecular flexibility index (Phi) is 3.57. The second-order valence-corrected chi connectivity index (χ2v) is 4.18. The van der Waals surface area contributed by atoms with Crippen molar-refractivity contribution >= 4 is 12.0 Å². The fraction of sp³-hybridized carbons (Fsp3) is 0.308. The zero-order chi connectivity index (χ0) is 14.0. The predicted molar refractivity (Wildman–Crippen MR) is 66.9 cm³/mol. The first-order valence-electron chi connectivity index (χ1n) is 5.66. The Hall–Kier alpha value is -1.89. The van der Waals surface area contributed by atoms with Crippen LogP contribution in [-0.2, 0) is 15.4 Å². The number of nitrogens with zero attached hydrogens (tertiary/aromatic N) is 1. The van der Waals surface area contributed by atoms with Crippen LogP contribution in [0, 0.1) is 0 Å². The Morgan fingerprint density at radius 2 is 2.26 bits per heavy atom. The van der Waals surface area contributed by atoms with Gasteiger partial charge in [0.05, 0.1) is 12.7 Å². The van der Waals surface area contributed by atoms with Gasteiger partial charge in [-0.15, -0.1) is 0 Å². The van der Waals surface area contributed by atoms with Crippen LogP contribution in [0.3, 0.4) is 0 Å². The van der Waals surface area contributed by atoms with Crippen LogP contribution in [0.1, 0.15) is 11.1 Å². The van der Waals surface area contributed by atoms with Crippen LogP contribution in [0.5, 0.6) is 5.75 Å². The Morgan fingerprint density at radius 3 is 2.95 bits per heavy atom. The third-order valence-corrected chi connectivity index (χ3v) is 2.88. The van der Waals surface area contributed by atoms with E-state index < -0.39 is 5.79 Å². The SMILES string of the molecule is CON(C)C(=O)/C=C/c1cccc2c1C(O)(O)CO2. The number of amides is 1. The summed E-state index contributed by atoms with van der Waals surface area (Å²) in [5.41, 5.74) is 0.775. The third kappa shape index (κ3) is 2.60. The molecule has 2 rings (SSSR count). The fourth-order valence-electron chi connectivity index (χ4n) is 1.84. The molecule has 0 saturated carbocycles. The Bertz CT molecular complexity index is 524. The van der Waals surface area contributed by atoms with E-state index in [0.29, 0.717) is 11.3 Å². The van der Waals surface area contributed by atoms with E-state index in [9.17, 15) is 15.0 Å². The molecule has 1 amide bonds. The molecule has 0 fully saturated rings. The number of likely N-dealkylation sites (N-methyl/N-ethyl adjacent to an activating group) is 1. The van der Waals surface area contributed by atoms with Crippen LogP contribution in [0.15, 0.2) is 24.3 Å². The Labute approximate surface area is 110 Å². The number of rotatable bonds is 3. The lowest BCUT2D eigenvalue weighted by atomic mass is 10.0. The van der Waals surface area contributed by atoms with E-state index in [-0.39, 0.29) is 18.1 Å². The molecule has 0 atom stereocenters. The smallest absolute Gasteiger partial charge is 0.269 e.